The van der Waals surface area contributed by atoms with Gasteiger partial charge in [0, 0.05) is 32.9 Å². The smallest absolute Gasteiger partial charge is 0.258 e. The summed E-state index contributed by atoms with van der Waals surface area (Å²) in [5.74, 6) is 0.689. The van der Waals surface area contributed by atoms with E-state index in [2.05, 4.69) is 31.9 Å². The molecule has 3 rings (SSSR count). The summed E-state index contributed by atoms with van der Waals surface area (Å²) in [5, 5.41) is 4.13. The third-order valence-electron chi connectivity index (χ3n) is 3.83. The maximum Gasteiger partial charge on any atom is 0.258 e. The van der Waals surface area contributed by atoms with Crippen molar-refractivity contribution in [3.8, 4) is 0 Å². The van der Waals surface area contributed by atoms with Gasteiger partial charge in [-0.15, -0.1) is 0 Å². The molecular formula is C16H21N5O2S. The van der Waals surface area contributed by atoms with Gasteiger partial charge in [0.25, 0.3) is 10.0 Å². The molecule has 8 heteroatoms. The lowest BCUT2D eigenvalue weighted by molar-refractivity contribution is 0.577. The predicted molar refractivity (Wildman–Crippen MR) is 92.3 cm³/mol. The zero-order valence-corrected chi connectivity index (χ0v) is 14.4. The Bertz CT molecular complexity index is 828. The van der Waals surface area contributed by atoms with E-state index in [1.165, 1.54) is 6.07 Å². The number of aromatic nitrogens is 3. The van der Waals surface area contributed by atoms with Gasteiger partial charge in [0.05, 0.1) is 6.20 Å². The molecule has 2 aromatic rings. The number of pyridine rings is 1. The van der Waals surface area contributed by atoms with Gasteiger partial charge >= 0.3 is 0 Å². The summed E-state index contributed by atoms with van der Waals surface area (Å²) >= 11 is 0. The van der Waals surface area contributed by atoms with E-state index in [-0.39, 0.29) is 5.03 Å². The third kappa shape index (κ3) is 4.01. The maximum atomic E-state index is 12.4. The summed E-state index contributed by atoms with van der Waals surface area (Å²) in [5.41, 5.74) is 0.988. The summed E-state index contributed by atoms with van der Waals surface area (Å²) in [7, 11) is -1.79. The van der Waals surface area contributed by atoms with Crippen molar-refractivity contribution >= 4 is 15.8 Å². The number of nitrogens with zero attached hydrogens (tertiary/aromatic N) is 4. The summed E-state index contributed by atoms with van der Waals surface area (Å²) < 4.78 is 29.2. The SMILES string of the molecule is Cn1cc(CCNS(=O)(=O)c2cccc(N3CC=CCC3)n2)cn1. The van der Waals surface area contributed by atoms with Crippen LogP contribution in [0.4, 0.5) is 5.82 Å². The number of rotatable bonds is 6. The van der Waals surface area contributed by atoms with Gasteiger partial charge in [0.15, 0.2) is 5.03 Å². The van der Waals surface area contributed by atoms with Crippen molar-refractivity contribution in [3.63, 3.8) is 0 Å². The minimum atomic E-state index is -3.62. The Morgan fingerprint density at radius 1 is 1.29 bits per heavy atom. The first-order valence-electron chi connectivity index (χ1n) is 7.89. The minimum Gasteiger partial charge on any atom is -0.353 e. The lowest BCUT2D eigenvalue weighted by Crippen LogP contribution is -2.30. The first kappa shape index (κ1) is 16.7. The quantitative estimate of drug-likeness (QED) is 0.792. The molecule has 0 saturated carbocycles. The molecule has 0 atom stereocenters. The molecule has 128 valence electrons. The van der Waals surface area contributed by atoms with Gasteiger partial charge in [-0.1, -0.05) is 18.2 Å². The first-order valence-corrected chi connectivity index (χ1v) is 9.37. The molecule has 0 unspecified atom stereocenters. The van der Waals surface area contributed by atoms with Crippen molar-refractivity contribution in [2.45, 2.75) is 17.9 Å². The largest absolute Gasteiger partial charge is 0.353 e. The van der Waals surface area contributed by atoms with Crippen LogP contribution in [-0.4, -0.2) is 42.8 Å². The number of aryl methyl sites for hydroxylation is 1. The average molecular weight is 347 g/mol. The molecule has 0 fully saturated rings. The number of hydrogen-bond acceptors (Lipinski definition) is 5. The van der Waals surface area contributed by atoms with Crippen LogP contribution in [0.1, 0.15) is 12.0 Å². The van der Waals surface area contributed by atoms with Gasteiger partial charge in [-0.3, -0.25) is 4.68 Å². The Hall–Kier alpha value is -2.19. The van der Waals surface area contributed by atoms with Crippen molar-refractivity contribution in [1.29, 1.82) is 0 Å². The van der Waals surface area contributed by atoms with Crippen molar-refractivity contribution < 1.29 is 8.42 Å². The molecule has 1 N–H and O–H groups in total. The van der Waals surface area contributed by atoms with Crippen LogP contribution in [0.15, 0.2) is 47.8 Å². The van der Waals surface area contributed by atoms with Crippen molar-refractivity contribution in [3.05, 3.63) is 48.3 Å². The number of hydrogen-bond donors (Lipinski definition) is 1. The Kier molecular flexibility index (Phi) is 4.96. The molecule has 0 radical (unpaired) electrons. The van der Waals surface area contributed by atoms with Crippen LogP contribution in [0, 0.1) is 0 Å². The standard InChI is InChI=1S/C16H21N5O2S/c1-20-13-14(12-17-20)8-9-18-24(22,23)16-7-5-6-15(19-16)21-10-3-2-4-11-21/h2-3,5-7,12-13,18H,4,8-11H2,1H3. The van der Waals surface area contributed by atoms with Crippen molar-refractivity contribution in [2.75, 3.05) is 24.5 Å². The Balaban J connectivity index is 1.66. The second kappa shape index (κ2) is 7.14. The van der Waals surface area contributed by atoms with Crippen molar-refractivity contribution in [2.24, 2.45) is 7.05 Å². The molecule has 24 heavy (non-hydrogen) atoms. The molecule has 7 nitrogen and oxygen atoms in total. The zero-order valence-electron chi connectivity index (χ0n) is 13.6. The summed E-state index contributed by atoms with van der Waals surface area (Å²) in [6.45, 7) is 1.92. The minimum absolute atomic E-state index is 0.0562. The van der Waals surface area contributed by atoms with Crippen LogP contribution in [0.2, 0.25) is 0 Å². The fourth-order valence-electron chi connectivity index (χ4n) is 2.58. The molecular weight excluding hydrogens is 326 g/mol. The van der Waals surface area contributed by atoms with Gasteiger partial charge in [0.2, 0.25) is 0 Å². The van der Waals surface area contributed by atoms with E-state index in [4.69, 9.17) is 0 Å². The average Bonchev–Trinajstić information content (AvgIpc) is 3.01. The van der Waals surface area contributed by atoms with Crippen LogP contribution in [0.3, 0.4) is 0 Å². The van der Waals surface area contributed by atoms with Crippen LogP contribution in [0.25, 0.3) is 0 Å². The maximum absolute atomic E-state index is 12.4. The topological polar surface area (TPSA) is 80.1 Å². The van der Waals surface area contributed by atoms with Crippen LogP contribution in [0.5, 0.6) is 0 Å². The van der Waals surface area contributed by atoms with E-state index in [9.17, 15) is 8.42 Å². The van der Waals surface area contributed by atoms with Gasteiger partial charge in [-0.05, 0) is 30.5 Å². The first-order chi connectivity index (χ1) is 11.5. The highest BCUT2D eigenvalue weighted by Crippen LogP contribution is 2.16. The fraction of sp³-hybridized carbons (Fsp3) is 0.375. The van der Waals surface area contributed by atoms with Gasteiger partial charge in [-0.25, -0.2) is 18.1 Å². The van der Waals surface area contributed by atoms with Gasteiger partial charge in [0.1, 0.15) is 5.82 Å². The van der Waals surface area contributed by atoms with E-state index in [1.807, 2.05) is 19.3 Å². The third-order valence-corrected chi connectivity index (χ3v) is 5.19. The van der Waals surface area contributed by atoms with Crippen LogP contribution >= 0.6 is 0 Å². The summed E-state index contributed by atoms with van der Waals surface area (Å²) in [6.07, 6.45) is 9.33. The lowest BCUT2D eigenvalue weighted by Gasteiger charge is -2.24. The van der Waals surface area contributed by atoms with Gasteiger partial charge < -0.3 is 4.90 Å². The molecule has 0 saturated heterocycles. The molecule has 1 aliphatic rings. The number of anilines is 1. The number of sulfonamides is 1. The second-order valence-electron chi connectivity index (χ2n) is 5.71. The fourth-order valence-corrected chi connectivity index (χ4v) is 3.57. The molecule has 0 spiro atoms. The lowest BCUT2D eigenvalue weighted by atomic mass is 10.2. The number of nitrogens with one attached hydrogen (secondary N) is 1. The molecule has 2 aromatic heterocycles. The highest BCUT2D eigenvalue weighted by Gasteiger charge is 2.17. The monoisotopic (exact) mass is 347 g/mol. The summed E-state index contributed by atoms with van der Waals surface area (Å²) in [4.78, 5) is 6.39. The molecule has 3 heterocycles. The highest BCUT2D eigenvalue weighted by molar-refractivity contribution is 7.89. The molecule has 0 aliphatic carbocycles. The Morgan fingerprint density at radius 3 is 2.88 bits per heavy atom. The van der Waals surface area contributed by atoms with E-state index in [0.29, 0.717) is 18.8 Å². The normalized spacial score (nSPS) is 15.0. The molecule has 0 amide bonds. The van der Waals surface area contributed by atoms with Crippen LogP contribution in [-0.2, 0) is 23.5 Å². The van der Waals surface area contributed by atoms with E-state index < -0.39 is 10.0 Å². The highest BCUT2D eigenvalue weighted by atomic mass is 32.2. The van der Waals surface area contributed by atoms with E-state index >= 15 is 0 Å². The van der Waals surface area contributed by atoms with Crippen molar-refractivity contribution in [1.82, 2.24) is 19.5 Å². The molecule has 1 aliphatic heterocycles. The molecule has 0 aromatic carbocycles. The zero-order chi connectivity index (χ0) is 17.0. The Labute approximate surface area is 142 Å². The Morgan fingerprint density at radius 2 is 2.17 bits per heavy atom. The van der Waals surface area contributed by atoms with Gasteiger partial charge in [-0.2, -0.15) is 5.10 Å². The predicted octanol–water partition coefficient (Wildman–Crippen LogP) is 1.10. The summed E-state index contributed by atoms with van der Waals surface area (Å²) in [6, 6.07) is 5.10. The van der Waals surface area contributed by atoms with Crippen LogP contribution < -0.4 is 9.62 Å². The van der Waals surface area contributed by atoms with E-state index in [0.717, 1.165) is 25.1 Å². The second-order valence-corrected chi connectivity index (χ2v) is 7.42. The molecule has 0 bridgehead atoms. The van der Waals surface area contributed by atoms with E-state index in [1.54, 1.807) is 16.9 Å².